The Bertz CT molecular complexity index is 1100. The lowest BCUT2D eigenvalue weighted by Gasteiger charge is -2.24. The normalized spacial score (nSPS) is 17.5. The van der Waals surface area contributed by atoms with E-state index >= 15 is 0 Å². The van der Waals surface area contributed by atoms with Crippen LogP contribution in [0.15, 0.2) is 78.9 Å². The number of hydrogen-bond donors (Lipinski definition) is 3. The van der Waals surface area contributed by atoms with Gasteiger partial charge in [0, 0.05) is 32.2 Å². The van der Waals surface area contributed by atoms with Crippen molar-refractivity contribution < 1.29 is 9.59 Å². The Morgan fingerprint density at radius 2 is 1.64 bits per heavy atom. The first kappa shape index (κ1) is 22.7. The van der Waals surface area contributed by atoms with E-state index in [1.54, 1.807) is 4.90 Å². The van der Waals surface area contributed by atoms with Gasteiger partial charge >= 0.3 is 0 Å². The SMILES string of the molecule is Cc1ccccc1C(=O)NCc1ccc(C2NNCC2C(=O)N(C)Cc2ccccc2)cc1. The molecule has 2 amide bonds. The molecule has 1 fully saturated rings. The van der Waals surface area contributed by atoms with Crippen LogP contribution < -0.4 is 16.2 Å². The van der Waals surface area contributed by atoms with Crippen molar-refractivity contribution in [1.29, 1.82) is 0 Å². The number of carbonyl (C=O) groups is 2. The first-order chi connectivity index (χ1) is 16.0. The molecular formula is C27H30N4O2. The van der Waals surface area contributed by atoms with Crippen LogP contribution in [0, 0.1) is 12.8 Å². The Morgan fingerprint density at radius 3 is 2.36 bits per heavy atom. The van der Waals surface area contributed by atoms with Gasteiger partial charge in [0.2, 0.25) is 5.91 Å². The van der Waals surface area contributed by atoms with Gasteiger partial charge in [0.05, 0.1) is 12.0 Å². The highest BCUT2D eigenvalue weighted by Gasteiger charge is 2.35. The molecule has 2 atom stereocenters. The third kappa shape index (κ3) is 5.48. The zero-order chi connectivity index (χ0) is 23.2. The second-order valence-electron chi connectivity index (χ2n) is 8.53. The van der Waals surface area contributed by atoms with Crippen LogP contribution in [0.1, 0.15) is 38.7 Å². The van der Waals surface area contributed by atoms with Crippen molar-refractivity contribution in [3.63, 3.8) is 0 Å². The Morgan fingerprint density at radius 1 is 0.939 bits per heavy atom. The minimum atomic E-state index is -0.190. The van der Waals surface area contributed by atoms with E-state index in [0.29, 0.717) is 25.2 Å². The summed E-state index contributed by atoms with van der Waals surface area (Å²) in [6.07, 6.45) is 0. The Labute approximate surface area is 195 Å². The molecule has 0 spiro atoms. The third-order valence-corrected chi connectivity index (χ3v) is 6.12. The van der Waals surface area contributed by atoms with Crippen LogP contribution in [0.4, 0.5) is 0 Å². The average Bonchev–Trinajstić information content (AvgIpc) is 3.33. The van der Waals surface area contributed by atoms with Gasteiger partial charge in [-0.2, -0.15) is 0 Å². The van der Waals surface area contributed by atoms with Crippen molar-refractivity contribution in [1.82, 2.24) is 21.1 Å². The second-order valence-corrected chi connectivity index (χ2v) is 8.53. The number of nitrogens with one attached hydrogen (secondary N) is 3. The summed E-state index contributed by atoms with van der Waals surface area (Å²) in [4.78, 5) is 27.4. The highest BCUT2D eigenvalue weighted by molar-refractivity contribution is 5.95. The standard InChI is InChI=1S/C27H30N4O2/c1-19-8-6-7-11-23(19)26(32)28-16-20-12-14-22(15-13-20)25-24(17-29-30-25)27(33)31(2)18-21-9-4-3-5-10-21/h3-15,24-25,29-30H,16-18H2,1-2H3,(H,28,32). The van der Waals surface area contributed by atoms with Crippen molar-refractivity contribution in [3.05, 3.63) is 107 Å². The number of nitrogens with zero attached hydrogens (tertiary/aromatic N) is 1. The molecule has 1 saturated heterocycles. The molecule has 2 unspecified atom stereocenters. The maximum Gasteiger partial charge on any atom is 0.251 e. The van der Waals surface area contributed by atoms with Gasteiger partial charge in [0.1, 0.15) is 0 Å². The molecule has 33 heavy (non-hydrogen) atoms. The topological polar surface area (TPSA) is 73.5 Å². The zero-order valence-corrected chi connectivity index (χ0v) is 19.0. The van der Waals surface area contributed by atoms with Crippen LogP contribution in [0.25, 0.3) is 0 Å². The largest absolute Gasteiger partial charge is 0.348 e. The highest BCUT2D eigenvalue weighted by Crippen LogP contribution is 2.27. The van der Waals surface area contributed by atoms with E-state index in [0.717, 1.165) is 22.3 Å². The van der Waals surface area contributed by atoms with Crippen LogP contribution >= 0.6 is 0 Å². The van der Waals surface area contributed by atoms with Crippen LogP contribution in [0.5, 0.6) is 0 Å². The number of amides is 2. The quantitative estimate of drug-likeness (QED) is 0.525. The summed E-state index contributed by atoms with van der Waals surface area (Å²) in [6, 6.07) is 25.5. The lowest BCUT2D eigenvalue weighted by molar-refractivity contribution is -0.134. The molecule has 6 heteroatoms. The fourth-order valence-corrected chi connectivity index (χ4v) is 4.21. The van der Waals surface area contributed by atoms with E-state index in [1.165, 1.54) is 0 Å². The monoisotopic (exact) mass is 442 g/mol. The summed E-state index contributed by atoms with van der Waals surface area (Å²) in [6.45, 7) is 3.55. The van der Waals surface area contributed by atoms with Crippen LogP contribution in [0.2, 0.25) is 0 Å². The highest BCUT2D eigenvalue weighted by atomic mass is 16.2. The molecule has 3 N–H and O–H groups in total. The van der Waals surface area contributed by atoms with Crippen molar-refractivity contribution in [2.24, 2.45) is 5.92 Å². The van der Waals surface area contributed by atoms with E-state index in [-0.39, 0.29) is 23.8 Å². The molecule has 3 aromatic rings. The fraction of sp³-hybridized carbons (Fsp3) is 0.259. The van der Waals surface area contributed by atoms with Gasteiger partial charge in [-0.15, -0.1) is 0 Å². The minimum absolute atomic E-state index is 0.0778. The molecule has 170 valence electrons. The number of rotatable bonds is 7. The van der Waals surface area contributed by atoms with Gasteiger partial charge in [-0.25, -0.2) is 5.43 Å². The van der Waals surface area contributed by atoms with E-state index < -0.39 is 0 Å². The Hall–Kier alpha value is -3.48. The molecule has 0 radical (unpaired) electrons. The molecular weight excluding hydrogens is 412 g/mol. The van der Waals surface area contributed by atoms with Gasteiger partial charge in [-0.1, -0.05) is 72.8 Å². The molecule has 0 saturated carbocycles. The van der Waals surface area contributed by atoms with Crippen molar-refractivity contribution in [2.75, 3.05) is 13.6 Å². The maximum absolute atomic E-state index is 13.1. The Kier molecular flexibility index (Phi) is 7.17. The predicted octanol–water partition coefficient (Wildman–Crippen LogP) is 3.35. The minimum Gasteiger partial charge on any atom is -0.348 e. The van der Waals surface area contributed by atoms with Crippen molar-refractivity contribution in [3.8, 4) is 0 Å². The third-order valence-electron chi connectivity index (χ3n) is 6.12. The number of benzene rings is 3. The van der Waals surface area contributed by atoms with Crippen LogP contribution in [0.3, 0.4) is 0 Å². The van der Waals surface area contributed by atoms with E-state index in [1.807, 2.05) is 92.8 Å². The van der Waals surface area contributed by atoms with Crippen molar-refractivity contribution >= 4 is 11.8 Å². The van der Waals surface area contributed by atoms with Gasteiger partial charge in [-0.3, -0.25) is 15.0 Å². The predicted molar refractivity (Wildman–Crippen MR) is 129 cm³/mol. The van der Waals surface area contributed by atoms with E-state index in [4.69, 9.17) is 0 Å². The second kappa shape index (κ2) is 10.4. The Balaban J connectivity index is 1.37. The maximum atomic E-state index is 13.1. The van der Waals surface area contributed by atoms with E-state index in [2.05, 4.69) is 16.2 Å². The molecule has 6 nitrogen and oxygen atoms in total. The summed E-state index contributed by atoms with van der Waals surface area (Å²) < 4.78 is 0. The van der Waals surface area contributed by atoms with E-state index in [9.17, 15) is 9.59 Å². The van der Waals surface area contributed by atoms with Crippen LogP contribution in [-0.2, 0) is 17.9 Å². The molecule has 1 aliphatic rings. The lowest BCUT2D eigenvalue weighted by Crippen LogP contribution is -2.36. The molecule has 0 bridgehead atoms. The van der Waals surface area contributed by atoms with Gasteiger partial charge in [0.25, 0.3) is 5.91 Å². The molecule has 4 rings (SSSR count). The smallest absolute Gasteiger partial charge is 0.251 e. The molecule has 0 aliphatic carbocycles. The molecule has 1 aliphatic heterocycles. The fourth-order valence-electron chi connectivity index (χ4n) is 4.21. The summed E-state index contributed by atoms with van der Waals surface area (Å²) in [5, 5.41) is 2.98. The molecule has 3 aromatic carbocycles. The van der Waals surface area contributed by atoms with Gasteiger partial charge in [-0.05, 0) is 35.2 Å². The van der Waals surface area contributed by atoms with Gasteiger partial charge < -0.3 is 10.2 Å². The number of carbonyl (C=O) groups excluding carboxylic acids is 2. The summed E-state index contributed by atoms with van der Waals surface area (Å²) in [5.74, 6) is -0.160. The lowest BCUT2D eigenvalue weighted by atomic mass is 9.93. The van der Waals surface area contributed by atoms with Crippen LogP contribution in [-0.4, -0.2) is 30.3 Å². The zero-order valence-electron chi connectivity index (χ0n) is 19.0. The number of hydrogen-bond acceptors (Lipinski definition) is 4. The van der Waals surface area contributed by atoms with Gasteiger partial charge in [0.15, 0.2) is 0 Å². The first-order valence-electron chi connectivity index (χ1n) is 11.2. The number of aryl methyl sites for hydroxylation is 1. The average molecular weight is 443 g/mol. The first-order valence-corrected chi connectivity index (χ1v) is 11.2. The summed E-state index contributed by atoms with van der Waals surface area (Å²) in [7, 11) is 1.85. The number of hydrazine groups is 1. The molecule has 0 aromatic heterocycles. The summed E-state index contributed by atoms with van der Waals surface area (Å²) in [5.41, 5.74) is 11.2. The molecule has 1 heterocycles. The summed E-state index contributed by atoms with van der Waals surface area (Å²) >= 11 is 0. The van der Waals surface area contributed by atoms with Crippen molar-refractivity contribution in [2.45, 2.75) is 26.1 Å².